The van der Waals surface area contributed by atoms with Crippen molar-refractivity contribution in [3.8, 4) is 0 Å². The second kappa shape index (κ2) is 11.5. The Bertz CT molecular complexity index is 814. The van der Waals surface area contributed by atoms with Crippen LogP contribution in [0.25, 0.3) is 0 Å². The lowest BCUT2D eigenvalue weighted by atomic mass is 9.47. The predicted molar refractivity (Wildman–Crippen MR) is 145 cm³/mol. The molecule has 1 aromatic heterocycles. The first-order valence-electron chi connectivity index (χ1n) is 15.1. The highest BCUT2D eigenvalue weighted by Crippen LogP contribution is 2.66. The van der Waals surface area contributed by atoms with Gasteiger partial charge in [-0.3, -0.25) is 0 Å². The van der Waals surface area contributed by atoms with E-state index in [0.29, 0.717) is 23.5 Å². The van der Waals surface area contributed by atoms with Crippen molar-refractivity contribution < 1.29 is 9.26 Å². The molecule has 3 saturated carbocycles. The van der Waals surface area contributed by atoms with Gasteiger partial charge in [-0.1, -0.05) is 77.6 Å². The van der Waals surface area contributed by atoms with Gasteiger partial charge in [0, 0.05) is 6.07 Å². The molecule has 0 N–H and O–H groups in total. The monoisotopic (exact) mass is 483 g/mol. The van der Waals surface area contributed by atoms with Gasteiger partial charge in [0.1, 0.15) is 6.61 Å². The Morgan fingerprint density at radius 1 is 1.06 bits per heavy atom. The van der Waals surface area contributed by atoms with Crippen LogP contribution in [0.15, 0.2) is 28.4 Å². The Kier molecular flexibility index (Phi) is 8.88. The second-order valence-electron chi connectivity index (χ2n) is 12.9. The highest BCUT2D eigenvalue weighted by Gasteiger charge is 2.58. The molecule has 0 bridgehead atoms. The molecule has 3 nitrogen and oxygen atoms in total. The highest BCUT2D eigenvalue weighted by molar-refractivity contribution is 5.25. The summed E-state index contributed by atoms with van der Waals surface area (Å²) in [5.41, 5.74) is 2.73. The third kappa shape index (κ3) is 5.46. The lowest BCUT2D eigenvalue weighted by molar-refractivity contribution is -0.0623. The predicted octanol–water partition coefficient (Wildman–Crippen LogP) is 9.38. The van der Waals surface area contributed by atoms with E-state index in [1.165, 1.54) is 70.6 Å². The van der Waals surface area contributed by atoms with Gasteiger partial charge in [-0.2, -0.15) is 0 Å². The van der Waals surface area contributed by atoms with E-state index >= 15 is 0 Å². The van der Waals surface area contributed by atoms with Crippen LogP contribution in [0, 0.1) is 40.4 Å². The van der Waals surface area contributed by atoms with Crippen LogP contribution < -0.4 is 0 Å². The Hall–Kier alpha value is -1.09. The summed E-state index contributed by atoms with van der Waals surface area (Å²) in [4.78, 5) is 0. The van der Waals surface area contributed by atoms with E-state index < -0.39 is 0 Å². The Balaban J connectivity index is 0.00000141. The first-order valence-corrected chi connectivity index (χ1v) is 15.1. The average molecular weight is 484 g/mol. The summed E-state index contributed by atoms with van der Waals surface area (Å²) in [5.74, 6) is 5.46. The lowest BCUT2D eigenvalue weighted by Gasteiger charge is -2.58. The minimum Gasteiger partial charge on any atom is -0.370 e. The normalized spacial score (nSPS) is 38.1. The third-order valence-corrected chi connectivity index (χ3v) is 10.8. The molecule has 0 spiro atoms. The van der Waals surface area contributed by atoms with E-state index in [-0.39, 0.29) is 0 Å². The fraction of sp³-hybridized carbons (Fsp3) is 0.844. The topological polar surface area (TPSA) is 35.3 Å². The Morgan fingerprint density at radius 2 is 1.89 bits per heavy atom. The van der Waals surface area contributed by atoms with Crippen molar-refractivity contribution >= 4 is 0 Å². The zero-order valence-corrected chi connectivity index (χ0v) is 23.7. The zero-order chi connectivity index (χ0) is 25.1. The minimum absolute atomic E-state index is 0.335. The van der Waals surface area contributed by atoms with Gasteiger partial charge in [0.2, 0.25) is 0 Å². The molecular formula is C32H53NO2. The largest absolute Gasteiger partial charge is 0.370 e. The molecule has 7 unspecified atom stereocenters. The molecule has 3 heteroatoms. The van der Waals surface area contributed by atoms with Crippen molar-refractivity contribution in [3.05, 3.63) is 29.7 Å². The molecule has 5 rings (SSSR count). The van der Waals surface area contributed by atoms with Crippen LogP contribution in [-0.4, -0.2) is 11.3 Å². The molecule has 0 saturated heterocycles. The van der Waals surface area contributed by atoms with Crippen molar-refractivity contribution in [2.24, 2.45) is 40.4 Å². The summed E-state index contributed by atoms with van der Waals surface area (Å²) >= 11 is 0. The molecule has 3 fully saturated rings. The molecule has 35 heavy (non-hydrogen) atoms. The van der Waals surface area contributed by atoms with Crippen LogP contribution >= 0.6 is 0 Å². The summed E-state index contributed by atoms with van der Waals surface area (Å²) in [6, 6.07) is 1.91. The van der Waals surface area contributed by atoms with E-state index in [2.05, 4.69) is 38.9 Å². The average Bonchev–Trinajstić information content (AvgIpc) is 3.49. The number of rotatable bonds is 8. The van der Waals surface area contributed by atoms with Crippen molar-refractivity contribution in [1.82, 2.24) is 5.16 Å². The quantitative estimate of drug-likeness (QED) is 0.273. The SMILES string of the molecule is CC.CC(C)CCCCC1CCC2C3CC=C4CC(OCc5ccno5)CCC4(C)C3CCC12C. The van der Waals surface area contributed by atoms with E-state index in [0.717, 1.165) is 41.8 Å². The summed E-state index contributed by atoms with van der Waals surface area (Å²) in [6.45, 7) is 14.6. The maximum atomic E-state index is 6.24. The van der Waals surface area contributed by atoms with Crippen LogP contribution in [0.1, 0.15) is 124 Å². The molecule has 198 valence electrons. The molecule has 7 atom stereocenters. The summed E-state index contributed by atoms with van der Waals surface area (Å²) in [6.07, 6.45) is 21.3. The molecule has 4 aliphatic rings. The molecule has 4 aliphatic carbocycles. The smallest absolute Gasteiger partial charge is 0.162 e. The molecule has 1 aromatic rings. The van der Waals surface area contributed by atoms with E-state index in [4.69, 9.17) is 9.26 Å². The Morgan fingerprint density at radius 3 is 2.63 bits per heavy atom. The minimum atomic E-state index is 0.335. The molecule has 1 heterocycles. The number of ether oxygens (including phenoxy) is 1. The maximum absolute atomic E-state index is 6.24. The van der Waals surface area contributed by atoms with Gasteiger partial charge in [0.05, 0.1) is 12.3 Å². The van der Waals surface area contributed by atoms with Gasteiger partial charge in [-0.05, 0) is 98.2 Å². The van der Waals surface area contributed by atoms with Crippen LogP contribution in [0.4, 0.5) is 0 Å². The highest BCUT2D eigenvalue weighted by atomic mass is 16.5. The van der Waals surface area contributed by atoms with Crippen LogP contribution in [0.2, 0.25) is 0 Å². The summed E-state index contributed by atoms with van der Waals surface area (Å²) in [5, 5.41) is 3.81. The van der Waals surface area contributed by atoms with Gasteiger partial charge in [-0.25, -0.2) is 0 Å². The number of hydrogen-bond donors (Lipinski definition) is 0. The lowest BCUT2D eigenvalue weighted by Crippen LogP contribution is -2.50. The van der Waals surface area contributed by atoms with Crippen molar-refractivity contribution in [3.63, 3.8) is 0 Å². The number of nitrogens with zero attached hydrogens (tertiary/aromatic N) is 1. The van der Waals surface area contributed by atoms with E-state index in [1.807, 2.05) is 19.9 Å². The van der Waals surface area contributed by atoms with Crippen molar-refractivity contribution in [1.29, 1.82) is 0 Å². The van der Waals surface area contributed by atoms with Gasteiger partial charge >= 0.3 is 0 Å². The second-order valence-corrected chi connectivity index (χ2v) is 12.9. The number of hydrogen-bond acceptors (Lipinski definition) is 3. The summed E-state index contributed by atoms with van der Waals surface area (Å²) in [7, 11) is 0. The first kappa shape index (κ1) is 27.0. The standard InChI is InChI=1S/C30H47NO2.C2H6/c1-21(2)7-5-6-8-22-10-12-27-26-11-9-23-19-24(32-20-25-15-18-31-33-25)13-16-30(23,4)28(26)14-17-29(22,27)3;1-2/h9,15,18,21-22,24,26-28H,5-8,10-14,16-17,19-20H2,1-4H3;1-2H3. The van der Waals surface area contributed by atoms with Gasteiger partial charge < -0.3 is 9.26 Å². The molecular weight excluding hydrogens is 430 g/mol. The zero-order valence-electron chi connectivity index (χ0n) is 23.7. The fourth-order valence-corrected chi connectivity index (χ4v) is 8.81. The van der Waals surface area contributed by atoms with Crippen molar-refractivity contribution in [2.75, 3.05) is 0 Å². The number of fused-ring (bicyclic) bond motifs is 5. The molecule has 0 aliphatic heterocycles. The van der Waals surface area contributed by atoms with Crippen LogP contribution in [0.3, 0.4) is 0 Å². The van der Waals surface area contributed by atoms with E-state index in [9.17, 15) is 0 Å². The maximum Gasteiger partial charge on any atom is 0.162 e. The third-order valence-electron chi connectivity index (χ3n) is 10.8. The number of allylic oxidation sites excluding steroid dienone is 1. The molecule has 0 aromatic carbocycles. The van der Waals surface area contributed by atoms with Gasteiger partial charge in [-0.15, -0.1) is 0 Å². The Labute approximate surface area is 215 Å². The first-order chi connectivity index (χ1) is 16.9. The summed E-state index contributed by atoms with van der Waals surface area (Å²) < 4.78 is 11.5. The van der Waals surface area contributed by atoms with Crippen LogP contribution in [0.5, 0.6) is 0 Å². The number of unbranched alkanes of at least 4 members (excludes halogenated alkanes) is 1. The van der Waals surface area contributed by atoms with Crippen molar-refractivity contribution in [2.45, 2.75) is 131 Å². The molecule has 0 amide bonds. The fourth-order valence-electron chi connectivity index (χ4n) is 8.81. The molecule has 0 radical (unpaired) electrons. The number of aromatic nitrogens is 1. The van der Waals surface area contributed by atoms with Crippen LogP contribution in [-0.2, 0) is 11.3 Å². The van der Waals surface area contributed by atoms with Gasteiger partial charge in [0.25, 0.3) is 0 Å². The van der Waals surface area contributed by atoms with Gasteiger partial charge in [0.15, 0.2) is 5.76 Å². The van der Waals surface area contributed by atoms with E-state index in [1.54, 1.807) is 11.8 Å².